The Hall–Kier alpha value is -1.22. The summed E-state index contributed by atoms with van der Waals surface area (Å²) in [5, 5.41) is 11.0. The molecule has 0 bridgehead atoms. The van der Waals surface area contributed by atoms with Gasteiger partial charge in [0.05, 0.1) is 30.1 Å². The number of morpholine rings is 1. The Morgan fingerprint density at radius 3 is 2.64 bits per heavy atom. The molecule has 0 spiro atoms. The third-order valence-electron chi connectivity index (χ3n) is 5.09. The van der Waals surface area contributed by atoms with E-state index < -0.39 is 20.2 Å². The van der Waals surface area contributed by atoms with Gasteiger partial charge >= 0.3 is 0 Å². The second-order valence-electron chi connectivity index (χ2n) is 6.61. The SMILES string of the molecule is C=CCS(=O)(=O)C(C)(O)C1(c2cc(N3CCOCC3)nc(Cl)n2)CC1. The van der Waals surface area contributed by atoms with Crippen LogP contribution in [0.25, 0.3) is 0 Å². The minimum Gasteiger partial charge on any atom is -0.378 e. The van der Waals surface area contributed by atoms with Crippen LogP contribution in [-0.4, -0.2) is 60.5 Å². The number of hydrogen-bond acceptors (Lipinski definition) is 7. The van der Waals surface area contributed by atoms with Gasteiger partial charge in [-0.15, -0.1) is 6.58 Å². The van der Waals surface area contributed by atoms with Crippen molar-refractivity contribution < 1.29 is 18.3 Å². The van der Waals surface area contributed by atoms with Gasteiger partial charge in [-0.1, -0.05) is 6.08 Å². The number of hydrogen-bond donors (Lipinski definition) is 1. The molecule has 1 unspecified atom stereocenters. The Balaban J connectivity index is 2.00. The lowest BCUT2D eigenvalue weighted by molar-refractivity contribution is 0.0994. The number of aliphatic hydroxyl groups is 1. The maximum absolute atomic E-state index is 12.6. The molecule has 1 aromatic heterocycles. The average Bonchev–Trinajstić information content (AvgIpc) is 3.37. The van der Waals surface area contributed by atoms with Gasteiger partial charge in [0, 0.05) is 19.2 Å². The number of anilines is 1. The lowest BCUT2D eigenvalue weighted by Gasteiger charge is -2.33. The molecule has 7 nitrogen and oxygen atoms in total. The molecule has 0 radical (unpaired) electrons. The molecule has 1 N–H and O–H groups in total. The number of halogens is 1. The fourth-order valence-corrected chi connectivity index (χ4v) is 5.02. The van der Waals surface area contributed by atoms with Gasteiger partial charge < -0.3 is 14.7 Å². The molecule has 2 aliphatic rings. The van der Waals surface area contributed by atoms with Crippen molar-refractivity contribution in [1.82, 2.24) is 9.97 Å². The highest BCUT2D eigenvalue weighted by Crippen LogP contribution is 2.57. The normalized spacial score (nSPS) is 22.3. The van der Waals surface area contributed by atoms with Crippen molar-refractivity contribution in [2.24, 2.45) is 0 Å². The van der Waals surface area contributed by atoms with Crippen LogP contribution in [0.15, 0.2) is 18.7 Å². The third kappa shape index (κ3) is 3.16. The topological polar surface area (TPSA) is 92.6 Å². The summed E-state index contributed by atoms with van der Waals surface area (Å²) in [6, 6.07) is 1.74. The molecule has 138 valence electrons. The fraction of sp³-hybridized carbons (Fsp3) is 0.625. The minimum absolute atomic E-state index is 0.0437. The molecular formula is C16H22ClN3O4S. The molecular weight excluding hydrogens is 366 g/mol. The number of nitrogens with zero attached hydrogens (tertiary/aromatic N) is 3. The van der Waals surface area contributed by atoms with Crippen LogP contribution in [0.4, 0.5) is 5.82 Å². The molecule has 1 aliphatic carbocycles. The number of aromatic nitrogens is 2. The summed E-state index contributed by atoms with van der Waals surface area (Å²) < 4.78 is 30.5. The summed E-state index contributed by atoms with van der Waals surface area (Å²) in [6.07, 6.45) is 2.32. The number of rotatable bonds is 6. The summed E-state index contributed by atoms with van der Waals surface area (Å²) >= 11 is 6.10. The first kappa shape index (κ1) is 18.6. The van der Waals surface area contributed by atoms with Gasteiger partial charge in [-0.05, 0) is 31.4 Å². The van der Waals surface area contributed by atoms with Crippen molar-refractivity contribution in [2.45, 2.75) is 30.1 Å². The Bertz CT molecular complexity index is 772. The minimum atomic E-state index is -3.80. The summed E-state index contributed by atoms with van der Waals surface area (Å²) in [5.41, 5.74) is -0.505. The van der Waals surface area contributed by atoms with Crippen molar-refractivity contribution in [1.29, 1.82) is 0 Å². The molecule has 2 heterocycles. The van der Waals surface area contributed by atoms with Crippen LogP contribution in [0.1, 0.15) is 25.5 Å². The molecule has 1 aliphatic heterocycles. The molecule has 1 atom stereocenters. The van der Waals surface area contributed by atoms with E-state index in [0.29, 0.717) is 50.7 Å². The molecule has 0 aromatic carbocycles. The average molecular weight is 388 g/mol. The zero-order chi connectivity index (χ0) is 18.3. The van der Waals surface area contributed by atoms with Crippen molar-refractivity contribution in [3.8, 4) is 0 Å². The first-order valence-corrected chi connectivity index (χ1v) is 10.2. The van der Waals surface area contributed by atoms with E-state index in [1.807, 2.05) is 4.90 Å². The monoisotopic (exact) mass is 387 g/mol. The molecule has 1 aromatic rings. The van der Waals surface area contributed by atoms with E-state index in [1.165, 1.54) is 13.0 Å². The quantitative estimate of drug-likeness (QED) is 0.581. The van der Waals surface area contributed by atoms with E-state index in [0.717, 1.165) is 0 Å². The van der Waals surface area contributed by atoms with Gasteiger partial charge in [0.2, 0.25) is 5.28 Å². The summed E-state index contributed by atoms with van der Waals surface area (Å²) in [6.45, 7) is 7.33. The summed E-state index contributed by atoms with van der Waals surface area (Å²) in [4.78, 5) is 8.57. The summed E-state index contributed by atoms with van der Waals surface area (Å²) in [5.74, 6) is 0.332. The van der Waals surface area contributed by atoms with Crippen molar-refractivity contribution in [3.05, 3.63) is 29.7 Å². The molecule has 25 heavy (non-hydrogen) atoms. The van der Waals surface area contributed by atoms with E-state index in [2.05, 4.69) is 16.5 Å². The van der Waals surface area contributed by atoms with Crippen LogP contribution in [0.2, 0.25) is 5.28 Å². The molecule has 2 fully saturated rings. The van der Waals surface area contributed by atoms with Gasteiger partial charge in [-0.3, -0.25) is 0 Å². The zero-order valence-corrected chi connectivity index (χ0v) is 15.7. The van der Waals surface area contributed by atoms with Crippen LogP contribution < -0.4 is 4.90 Å². The molecule has 1 saturated heterocycles. The van der Waals surface area contributed by atoms with Crippen LogP contribution in [0.3, 0.4) is 0 Å². The van der Waals surface area contributed by atoms with E-state index in [1.54, 1.807) is 6.07 Å². The van der Waals surface area contributed by atoms with Crippen molar-refractivity contribution in [2.75, 3.05) is 37.0 Å². The highest BCUT2D eigenvalue weighted by Gasteiger charge is 2.64. The standard InChI is InChI=1S/C16H22ClN3O4S/c1-3-10-25(22,23)15(2,21)16(4-5-16)12-11-13(19-14(17)18-12)20-6-8-24-9-7-20/h3,11,21H,1,4-10H2,2H3. The Morgan fingerprint density at radius 1 is 1.44 bits per heavy atom. The highest BCUT2D eigenvalue weighted by atomic mass is 35.5. The lowest BCUT2D eigenvalue weighted by Crippen LogP contribution is -2.48. The highest BCUT2D eigenvalue weighted by molar-refractivity contribution is 7.92. The largest absolute Gasteiger partial charge is 0.378 e. The van der Waals surface area contributed by atoms with Gasteiger partial charge in [0.1, 0.15) is 5.82 Å². The number of sulfone groups is 1. The van der Waals surface area contributed by atoms with E-state index in [4.69, 9.17) is 16.3 Å². The second kappa shape index (κ2) is 6.50. The maximum Gasteiger partial charge on any atom is 0.224 e. The zero-order valence-electron chi connectivity index (χ0n) is 14.1. The molecule has 3 rings (SSSR count). The van der Waals surface area contributed by atoms with Crippen molar-refractivity contribution in [3.63, 3.8) is 0 Å². The second-order valence-corrected chi connectivity index (χ2v) is 9.31. The lowest BCUT2D eigenvalue weighted by atomic mass is 9.95. The summed E-state index contributed by atoms with van der Waals surface area (Å²) in [7, 11) is -3.80. The van der Waals surface area contributed by atoms with Gasteiger partial charge in [0.25, 0.3) is 0 Å². The first-order chi connectivity index (χ1) is 11.7. The van der Waals surface area contributed by atoms with Gasteiger partial charge in [0.15, 0.2) is 14.8 Å². The Labute approximate surface area is 152 Å². The Morgan fingerprint density at radius 2 is 2.08 bits per heavy atom. The van der Waals surface area contributed by atoms with Crippen LogP contribution in [0, 0.1) is 0 Å². The molecule has 0 amide bonds. The van der Waals surface area contributed by atoms with Crippen LogP contribution in [0.5, 0.6) is 0 Å². The van der Waals surface area contributed by atoms with Gasteiger partial charge in [-0.25, -0.2) is 18.4 Å². The van der Waals surface area contributed by atoms with Crippen LogP contribution >= 0.6 is 11.6 Å². The smallest absolute Gasteiger partial charge is 0.224 e. The fourth-order valence-electron chi connectivity index (χ4n) is 3.30. The predicted octanol–water partition coefficient (Wildman–Crippen LogP) is 1.31. The van der Waals surface area contributed by atoms with E-state index in [9.17, 15) is 13.5 Å². The third-order valence-corrected chi connectivity index (χ3v) is 7.54. The Kier molecular flexibility index (Phi) is 4.83. The first-order valence-electron chi connectivity index (χ1n) is 8.17. The van der Waals surface area contributed by atoms with E-state index in [-0.39, 0.29) is 11.0 Å². The van der Waals surface area contributed by atoms with Gasteiger partial charge in [-0.2, -0.15) is 0 Å². The number of ether oxygens (including phenoxy) is 1. The van der Waals surface area contributed by atoms with E-state index >= 15 is 0 Å². The predicted molar refractivity (Wildman–Crippen MR) is 95.6 cm³/mol. The maximum atomic E-state index is 12.6. The molecule has 9 heteroatoms. The molecule has 1 saturated carbocycles. The van der Waals surface area contributed by atoms with Crippen molar-refractivity contribution >= 4 is 27.3 Å². The van der Waals surface area contributed by atoms with Crippen LogP contribution in [-0.2, 0) is 20.0 Å².